The molecule has 0 fully saturated rings. The molecule has 2 rings (SSSR count). The Bertz CT molecular complexity index is 494. The van der Waals surface area contributed by atoms with Crippen molar-refractivity contribution in [1.82, 2.24) is 4.98 Å². The van der Waals surface area contributed by atoms with Crippen LogP contribution in [-0.4, -0.2) is 4.98 Å². The fourth-order valence-corrected chi connectivity index (χ4v) is 2.69. The van der Waals surface area contributed by atoms with Crippen LogP contribution in [0.2, 0.25) is 5.02 Å². The number of anilines is 1. The predicted octanol–water partition coefficient (Wildman–Crippen LogP) is 3.47. The van der Waals surface area contributed by atoms with Gasteiger partial charge in [0.15, 0.2) is 5.13 Å². The van der Waals surface area contributed by atoms with Crippen molar-refractivity contribution in [3.63, 3.8) is 0 Å². The van der Waals surface area contributed by atoms with E-state index in [-0.39, 0.29) is 0 Å². The Balaban J connectivity index is 2.08. The fourth-order valence-electron chi connectivity index (χ4n) is 1.63. The highest BCUT2D eigenvalue weighted by Crippen LogP contribution is 2.23. The molecule has 0 saturated heterocycles. The van der Waals surface area contributed by atoms with Crippen LogP contribution >= 0.6 is 22.9 Å². The number of rotatable bonds is 3. The summed E-state index contributed by atoms with van der Waals surface area (Å²) >= 11 is 7.66. The van der Waals surface area contributed by atoms with Crippen LogP contribution in [0.15, 0.2) is 24.3 Å². The lowest BCUT2D eigenvalue weighted by Gasteiger charge is -2.02. The Morgan fingerprint density at radius 3 is 2.69 bits per heavy atom. The van der Waals surface area contributed by atoms with E-state index in [9.17, 15) is 0 Å². The van der Waals surface area contributed by atoms with Gasteiger partial charge < -0.3 is 5.73 Å². The van der Waals surface area contributed by atoms with Crippen LogP contribution in [0.4, 0.5) is 5.13 Å². The van der Waals surface area contributed by atoms with E-state index in [1.165, 1.54) is 10.4 Å². The molecule has 0 bridgehead atoms. The maximum Gasteiger partial charge on any atom is 0.180 e. The van der Waals surface area contributed by atoms with E-state index < -0.39 is 0 Å². The summed E-state index contributed by atoms with van der Waals surface area (Å²) in [4.78, 5) is 5.46. The van der Waals surface area contributed by atoms with Gasteiger partial charge in [-0.3, -0.25) is 0 Å². The SMILES string of the molecule is Cc1nc(N)sc1CCc1ccccc1Cl. The van der Waals surface area contributed by atoms with Crippen molar-refractivity contribution in [1.29, 1.82) is 0 Å². The minimum atomic E-state index is 0.645. The molecule has 0 saturated carbocycles. The van der Waals surface area contributed by atoms with E-state index in [4.69, 9.17) is 17.3 Å². The highest BCUT2D eigenvalue weighted by Gasteiger charge is 2.06. The molecule has 0 radical (unpaired) electrons. The molecular weight excluding hydrogens is 240 g/mol. The molecule has 0 spiro atoms. The van der Waals surface area contributed by atoms with Gasteiger partial charge in [-0.05, 0) is 31.4 Å². The predicted molar refractivity (Wildman–Crippen MR) is 70.1 cm³/mol. The molecule has 4 heteroatoms. The van der Waals surface area contributed by atoms with Crippen LogP contribution in [0.5, 0.6) is 0 Å². The first-order valence-electron chi connectivity index (χ1n) is 5.12. The molecule has 0 aliphatic carbocycles. The fraction of sp³-hybridized carbons (Fsp3) is 0.250. The summed E-state index contributed by atoms with van der Waals surface area (Å²) in [5.74, 6) is 0. The molecule has 84 valence electrons. The molecule has 0 aliphatic heterocycles. The van der Waals surface area contributed by atoms with Gasteiger partial charge in [0.1, 0.15) is 0 Å². The van der Waals surface area contributed by atoms with Crippen LogP contribution < -0.4 is 5.73 Å². The lowest BCUT2D eigenvalue weighted by atomic mass is 10.1. The van der Waals surface area contributed by atoms with Crippen LogP contribution in [0.3, 0.4) is 0 Å². The summed E-state index contributed by atoms with van der Waals surface area (Å²) in [6, 6.07) is 7.93. The molecule has 1 aromatic carbocycles. The van der Waals surface area contributed by atoms with E-state index in [0.717, 1.165) is 23.6 Å². The maximum absolute atomic E-state index is 6.10. The zero-order valence-corrected chi connectivity index (χ0v) is 10.6. The van der Waals surface area contributed by atoms with Crippen molar-refractivity contribution in [2.24, 2.45) is 0 Å². The number of thiazole rings is 1. The molecule has 1 heterocycles. The first-order valence-corrected chi connectivity index (χ1v) is 6.31. The molecule has 0 atom stereocenters. The molecule has 2 nitrogen and oxygen atoms in total. The van der Waals surface area contributed by atoms with Gasteiger partial charge in [-0.1, -0.05) is 29.8 Å². The lowest BCUT2D eigenvalue weighted by molar-refractivity contribution is 0.963. The Hall–Kier alpha value is -1.06. The van der Waals surface area contributed by atoms with Gasteiger partial charge in [0.2, 0.25) is 0 Å². The van der Waals surface area contributed by atoms with Gasteiger partial charge in [0, 0.05) is 9.90 Å². The van der Waals surface area contributed by atoms with Crippen LogP contribution in [0.1, 0.15) is 16.1 Å². The molecule has 1 aromatic heterocycles. The third kappa shape index (κ3) is 2.54. The highest BCUT2D eigenvalue weighted by atomic mass is 35.5. The number of hydrogen-bond acceptors (Lipinski definition) is 3. The van der Waals surface area contributed by atoms with E-state index in [1.807, 2.05) is 25.1 Å². The van der Waals surface area contributed by atoms with Crippen LogP contribution in [0, 0.1) is 6.92 Å². The zero-order chi connectivity index (χ0) is 11.5. The van der Waals surface area contributed by atoms with Crippen molar-refractivity contribution in [2.45, 2.75) is 19.8 Å². The quantitative estimate of drug-likeness (QED) is 0.909. The minimum Gasteiger partial charge on any atom is -0.375 e. The third-order valence-electron chi connectivity index (χ3n) is 2.49. The van der Waals surface area contributed by atoms with E-state index in [1.54, 1.807) is 11.3 Å². The number of hydrogen-bond donors (Lipinski definition) is 1. The van der Waals surface area contributed by atoms with Crippen LogP contribution in [-0.2, 0) is 12.8 Å². The second-order valence-corrected chi connectivity index (χ2v) is 5.17. The molecular formula is C12H13ClN2S. The first-order chi connectivity index (χ1) is 7.66. The van der Waals surface area contributed by atoms with Gasteiger partial charge in [0.05, 0.1) is 5.69 Å². The van der Waals surface area contributed by atoms with Gasteiger partial charge in [-0.2, -0.15) is 0 Å². The summed E-state index contributed by atoms with van der Waals surface area (Å²) < 4.78 is 0. The summed E-state index contributed by atoms with van der Waals surface area (Å²) in [5.41, 5.74) is 7.87. The smallest absolute Gasteiger partial charge is 0.180 e. The van der Waals surface area contributed by atoms with Gasteiger partial charge >= 0.3 is 0 Å². The number of halogens is 1. The number of nitrogens with zero attached hydrogens (tertiary/aromatic N) is 1. The van der Waals surface area contributed by atoms with E-state index in [0.29, 0.717) is 5.13 Å². The minimum absolute atomic E-state index is 0.645. The Kier molecular flexibility index (Phi) is 3.46. The molecule has 2 aromatic rings. The van der Waals surface area contributed by atoms with Crippen LogP contribution in [0.25, 0.3) is 0 Å². The second-order valence-electron chi connectivity index (χ2n) is 3.65. The molecule has 16 heavy (non-hydrogen) atoms. The monoisotopic (exact) mass is 252 g/mol. The molecule has 0 amide bonds. The first kappa shape index (κ1) is 11.4. The number of nitrogen functional groups attached to an aromatic ring is 1. The van der Waals surface area contributed by atoms with E-state index in [2.05, 4.69) is 11.1 Å². The topological polar surface area (TPSA) is 38.9 Å². The normalized spacial score (nSPS) is 10.6. The number of aryl methyl sites for hydroxylation is 3. The molecule has 0 unspecified atom stereocenters. The van der Waals surface area contributed by atoms with Crippen molar-refractivity contribution in [2.75, 3.05) is 5.73 Å². The lowest BCUT2D eigenvalue weighted by Crippen LogP contribution is -1.91. The largest absolute Gasteiger partial charge is 0.375 e. The average molecular weight is 253 g/mol. The molecule has 2 N–H and O–H groups in total. The highest BCUT2D eigenvalue weighted by molar-refractivity contribution is 7.15. The average Bonchev–Trinajstić information content (AvgIpc) is 2.56. The summed E-state index contributed by atoms with van der Waals surface area (Å²) in [6.45, 7) is 1.99. The zero-order valence-electron chi connectivity index (χ0n) is 9.03. The van der Waals surface area contributed by atoms with Gasteiger partial charge in [0.25, 0.3) is 0 Å². The summed E-state index contributed by atoms with van der Waals surface area (Å²) in [7, 11) is 0. The summed E-state index contributed by atoms with van der Waals surface area (Å²) in [5, 5.41) is 1.48. The van der Waals surface area contributed by atoms with Crippen molar-refractivity contribution in [3.05, 3.63) is 45.4 Å². The van der Waals surface area contributed by atoms with Crippen molar-refractivity contribution in [3.8, 4) is 0 Å². The number of aromatic nitrogens is 1. The number of benzene rings is 1. The number of nitrogens with two attached hydrogens (primary N) is 1. The Morgan fingerprint density at radius 2 is 2.06 bits per heavy atom. The van der Waals surface area contributed by atoms with Crippen molar-refractivity contribution < 1.29 is 0 Å². The second kappa shape index (κ2) is 4.85. The molecule has 0 aliphatic rings. The Labute approximate surface area is 104 Å². The van der Waals surface area contributed by atoms with Gasteiger partial charge in [-0.25, -0.2) is 4.98 Å². The van der Waals surface area contributed by atoms with Gasteiger partial charge in [-0.15, -0.1) is 11.3 Å². The Morgan fingerprint density at radius 1 is 1.31 bits per heavy atom. The maximum atomic E-state index is 6.10. The van der Waals surface area contributed by atoms with E-state index >= 15 is 0 Å². The standard InChI is InChI=1S/C12H13ClN2S/c1-8-11(16-12(14)15-8)7-6-9-4-2-3-5-10(9)13/h2-5H,6-7H2,1H3,(H2,14,15). The third-order valence-corrected chi connectivity index (χ3v) is 3.90. The van der Waals surface area contributed by atoms with Crippen molar-refractivity contribution >= 4 is 28.1 Å². The summed E-state index contributed by atoms with van der Waals surface area (Å²) in [6.07, 6.45) is 1.88.